The van der Waals surface area contributed by atoms with Crippen LogP contribution in [0.4, 0.5) is 0 Å². The van der Waals surface area contributed by atoms with Crippen molar-refractivity contribution in [3.63, 3.8) is 0 Å². The minimum absolute atomic E-state index is 0. The molecule has 0 amide bonds. The van der Waals surface area contributed by atoms with Crippen LogP contribution in [-0.2, 0) is 22.9 Å². The topological polar surface area (TPSA) is 101 Å². The standard InChI is InChI=1S/C18H22N6O2S.HI/c1-3-19-18(20-12-14-7-9-15(10-8-14)27(2,25)26)21-13-17-23-22-16-6-4-5-11-24(16)17;/h4-11H,3,12-13H2,1-2H3,(H2,19,20,21);1H. The van der Waals surface area contributed by atoms with Crippen molar-refractivity contribution >= 4 is 45.4 Å². The first-order valence-corrected chi connectivity index (χ1v) is 10.5. The van der Waals surface area contributed by atoms with E-state index < -0.39 is 9.84 Å². The molecule has 3 aromatic rings. The zero-order chi connectivity index (χ0) is 19.3. The van der Waals surface area contributed by atoms with Crippen LogP contribution >= 0.6 is 24.0 Å². The third-order valence-electron chi connectivity index (χ3n) is 3.91. The molecule has 0 aliphatic rings. The van der Waals surface area contributed by atoms with Crippen LogP contribution in [-0.4, -0.2) is 41.8 Å². The average molecular weight is 514 g/mol. The molecule has 0 saturated carbocycles. The summed E-state index contributed by atoms with van der Waals surface area (Å²) in [6.07, 6.45) is 3.11. The summed E-state index contributed by atoms with van der Waals surface area (Å²) in [5.41, 5.74) is 1.72. The number of hydrogen-bond donors (Lipinski definition) is 2. The Labute approximate surface area is 181 Å². The molecular weight excluding hydrogens is 491 g/mol. The van der Waals surface area contributed by atoms with E-state index in [1.165, 1.54) is 6.26 Å². The summed E-state index contributed by atoms with van der Waals surface area (Å²) in [4.78, 5) is 4.85. The van der Waals surface area contributed by atoms with Gasteiger partial charge in [-0.3, -0.25) is 4.40 Å². The van der Waals surface area contributed by atoms with Crippen LogP contribution in [0.3, 0.4) is 0 Å². The zero-order valence-electron chi connectivity index (χ0n) is 15.7. The molecule has 0 spiro atoms. The van der Waals surface area contributed by atoms with Gasteiger partial charge in [0.1, 0.15) is 0 Å². The molecule has 0 aliphatic heterocycles. The first kappa shape index (κ1) is 22.1. The summed E-state index contributed by atoms with van der Waals surface area (Å²) in [5.74, 6) is 1.44. The van der Waals surface area contributed by atoms with Crippen molar-refractivity contribution < 1.29 is 8.42 Å². The highest BCUT2D eigenvalue weighted by molar-refractivity contribution is 14.0. The van der Waals surface area contributed by atoms with Gasteiger partial charge in [-0.25, -0.2) is 13.4 Å². The minimum Gasteiger partial charge on any atom is -0.357 e. The summed E-state index contributed by atoms with van der Waals surface area (Å²) in [5, 5.41) is 14.7. The number of pyridine rings is 1. The smallest absolute Gasteiger partial charge is 0.191 e. The number of hydrogen-bond acceptors (Lipinski definition) is 5. The fraction of sp³-hybridized carbons (Fsp3) is 0.278. The van der Waals surface area contributed by atoms with Gasteiger partial charge >= 0.3 is 0 Å². The lowest BCUT2D eigenvalue weighted by Gasteiger charge is -2.10. The number of fused-ring (bicyclic) bond motifs is 1. The second-order valence-corrected chi connectivity index (χ2v) is 8.03. The number of nitrogens with one attached hydrogen (secondary N) is 2. The molecule has 0 atom stereocenters. The molecule has 2 aromatic heterocycles. The number of aliphatic imine (C=N–C) groups is 1. The molecule has 1 aromatic carbocycles. The quantitative estimate of drug-likeness (QED) is 0.297. The maximum Gasteiger partial charge on any atom is 0.191 e. The van der Waals surface area contributed by atoms with Crippen LogP contribution in [0.1, 0.15) is 18.3 Å². The molecule has 8 nitrogen and oxygen atoms in total. The second kappa shape index (κ2) is 9.82. The molecule has 10 heteroatoms. The number of sulfone groups is 1. The second-order valence-electron chi connectivity index (χ2n) is 6.01. The molecule has 2 heterocycles. The molecule has 28 heavy (non-hydrogen) atoms. The Bertz CT molecular complexity index is 1050. The van der Waals surface area contributed by atoms with Crippen molar-refractivity contribution in [3.05, 3.63) is 60.0 Å². The maximum absolute atomic E-state index is 11.5. The Morgan fingerprint density at radius 3 is 2.54 bits per heavy atom. The average Bonchev–Trinajstić information content (AvgIpc) is 3.07. The van der Waals surface area contributed by atoms with E-state index in [1.807, 2.05) is 35.7 Å². The van der Waals surface area contributed by atoms with Crippen LogP contribution in [0.2, 0.25) is 0 Å². The normalized spacial score (nSPS) is 11.9. The molecule has 2 N–H and O–H groups in total. The summed E-state index contributed by atoms with van der Waals surface area (Å²) in [7, 11) is -3.19. The van der Waals surface area contributed by atoms with Crippen LogP contribution in [0.25, 0.3) is 5.65 Å². The van der Waals surface area contributed by atoms with E-state index in [0.29, 0.717) is 23.9 Å². The Morgan fingerprint density at radius 2 is 1.86 bits per heavy atom. The zero-order valence-corrected chi connectivity index (χ0v) is 18.8. The highest BCUT2D eigenvalue weighted by Gasteiger charge is 2.07. The van der Waals surface area contributed by atoms with Gasteiger partial charge < -0.3 is 10.6 Å². The summed E-state index contributed by atoms with van der Waals surface area (Å²) in [6, 6.07) is 12.5. The van der Waals surface area contributed by atoms with Crippen molar-refractivity contribution in [1.29, 1.82) is 0 Å². The van der Waals surface area contributed by atoms with Gasteiger partial charge in [-0.2, -0.15) is 0 Å². The number of benzene rings is 1. The largest absolute Gasteiger partial charge is 0.357 e. The first-order chi connectivity index (χ1) is 13.0. The Hall–Kier alpha value is -2.21. The third-order valence-corrected chi connectivity index (χ3v) is 5.04. The van der Waals surface area contributed by atoms with Gasteiger partial charge in [0, 0.05) is 19.0 Å². The lowest BCUT2D eigenvalue weighted by atomic mass is 10.2. The molecule has 0 radical (unpaired) electrons. The van der Waals surface area contributed by atoms with Crippen LogP contribution in [0, 0.1) is 0 Å². The van der Waals surface area contributed by atoms with Crippen molar-refractivity contribution in [1.82, 2.24) is 25.2 Å². The van der Waals surface area contributed by atoms with Crippen LogP contribution in [0.5, 0.6) is 0 Å². The highest BCUT2D eigenvalue weighted by Crippen LogP contribution is 2.11. The van der Waals surface area contributed by atoms with Gasteiger partial charge in [-0.15, -0.1) is 34.2 Å². The number of rotatable bonds is 6. The Kier molecular flexibility index (Phi) is 7.75. The Morgan fingerprint density at radius 1 is 1.11 bits per heavy atom. The lowest BCUT2D eigenvalue weighted by molar-refractivity contribution is 0.602. The summed E-state index contributed by atoms with van der Waals surface area (Å²) >= 11 is 0. The van der Waals surface area contributed by atoms with Crippen LogP contribution < -0.4 is 10.6 Å². The minimum atomic E-state index is -3.19. The number of aromatic nitrogens is 3. The van der Waals surface area contributed by atoms with E-state index in [2.05, 4.69) is 25.8 Å². The number of guanidine groups is 1. The molecule has 0 aliphatic carbocycles. The third kappa shape index (κ3) is 5.64. The van der Waals surface area contributed by atoms with Gasteiger partial charge in [0.25, 0.3) is 0 Å². The van der Waals surface area contributed by atoms with Gasteiger partial charge in [-0.1, -0.05) is 18.2 Å². The van der Waals surface area contributed by atoms with Crippen molar-refractivity contribution in [2.24, 2.45) is 4.99 Å². The Balaban J connectivity index is 0.00000280. The molecule has 3 rings (SSSR count). The van der Waals surface area contributed by atoms with E-state index in [0.717, 1.165) is 23.6 Å². The lowest BCUT2D eigenvalue weighted by Crippen LogP contribution is -2.37. The monoisotopic (exact) mass is 514 g/mol. The van der Waals surface area contributed by atoms with Gasteiger partial charge in [0.15, 0.2) is 27.3 Å². The molecule has 0 bridgehead atoms. The molecule has 0 saturated heterocycles. The van der Waals surface area contributed by atoms with E-state index in [-0.39, 0.29) is 24.0 Å². The van der Waals surface area contributed by atoms with Crippen molar-refractivity contribution in [2.45, 2.75) is 24.9 Å². The van der Waals surface area contributed by atoms with E-state index in [1.54, 1.807) is 24.3 Å². The van der Waals surface area contributed by atoms with Gasteiger partial charge in [0.05, 0.1) is 18.0 Å². The fourth-order valence-electron chi connectivity index (χ4n) is 2.53. The van der Waals surface area contributed by atoms with Crippen molar-refractivity contribution in [3.8, 4) is 0 Å². The maximum atomic E-state index is 11.5. The summed E-state index contributed by atoms with van der Waals surface area (Å²) in [6.45, 7) is 3.62. The summed E-state index contributed by atoms with van der Waals surface area (Å²) < 4.78 is 25.0. The van der Waals surface area contributed by atoms with Gasteiger partial charge in [-0.05, 0) is 36.8 Å². The molecular formula is C18H23IN6O2S. The predicted molar refractivity (Wildman–Crippen MR) is 120 cm³/mol. The number of nitrogens with zero attached hydrogens (tertiary/aromatic N) is 4. The molecule has 0 fully saturated rings. The van der Waals surface area contributed by atoms with Gasteiger partial charge in [0.2, 0.25) is 0 Å². The fourth-order valence-corrected chi connectivity index (χ4v) is 3.16. The number of halogens is 1. The van der Waals surface area contributed by atoms with Crippen LogP contribution in [0.15, 0.2) is 58.5 Å². The molecule has 0 unspecified atom stereocenters. The molecule has 150 valence electrons. The van der Waals surface area contributed by atoms with Crippen molar-refractivity contribution in [2.75, 3.05) is 12.8 Å². The predicted octanol–water partition coefficient (Wildman–Crippen LogP) is 2.01. The van der Waals surface area contributed by atoms with E-state index >= 15 is 0 Å². The highest BCUT2D eigenvalue weighted by atomic mass is 127. The van der Waals surface area contributed by atoms with E-state index in [9.17, 15) is 8.42 Å². The first-order valence-electron chi connectivity index (χ1n) is 8.57. The SMILES string of the molecule is CCNC(=NCc1ccc(S(C)(=O)=O)cc1)NCc1nnc2ccccn12.I. The van der Waals surface area contributed by atoms with E-state index in [4.69, 9.17) is 0 Å².